The Bertz CT molecular complexity index is 1270. The lowest BCUT2D eigenvalue weighted by Crippen LogP contribution is -1.68. The lowest BCUT2D eigenvalue weighted by Gasteiger charge is -1.91. The van der Waals surface area contributed by atoms with Crippen molar-refractivity contribution in [3.63, 3.8) is 0 Å². The van der Waals surface area contributed by atoms with Crippen molar-refractivity contribution in [1.29, 1.82) is 15.8 Å². The predicted molar refractivity (Wildman–Crippen MR) is 116 cm³/mol. The van der Waals surface area contributed by atoms with E-state index in [1.165, 1.54) is 6.08 Å². The van der Waals surface area contributed by atoms with Crippen molar-refractivity contribution in [2.24, 2.45) is 0 Å². The summed E-state index contributed by atoms with van der Waals surface area (Å²) >= 11 is 1.55. The molecule has 0 amide bonds. The molecular weight excluding hydrogens is 394 g/mol. The zero-order valence-electron chi connectivity index (χ0n) is 16.0. The van der Waals surface area contributed by atoms with Crippen LogP contribution in [0.2, 0.25) is 0 Å². The highest BCUT2D eigenvalue weighted by atomic mass is 32.1. The molecule has 0 bridgehead atoms. The Morgan fingerprint density at radius 3 is 1.80 bits per heavy atom. The predicted octanol–water partition coefficient (Wildman–Crippen LogP) is 6.74. The molecule has 0 radical (unpaired) electrons. The molecule has 0 fully saturated rings. The number of rotatable bonds is 6. The molecule has 30 heavy (non-hydrogen) atoms. The molecule has 0 saturated carbocycles. The summed E-state index contributed by atoms with van der Waals surface area (Å²) in [6, 6.07) is 17.1. The zero-order valence-corrected chi connectivity index (χ0v) is 16.8. The highest BCUT2D eigenvalue weighted by Crippen LogP contribution is 2.36. The molecule has 3 aromatic heterocycles. The van der Waals surface area contributed by atoms with Gasteiger partial charge in [-0.2, -0.15) is 15.8 Å². The molecule has 0 spiro atoms. The van der Waals surface area contributed by atoms with Gasteiger partial charge in [0.05, 0.1) is 15.8 Å². The Kier molecular flexibility index (Phi) is 6.64. The average molecular weight is 409 g/mol. The molecule has 0 atom stereocenters. The van der Waals surface area contributed by atoms with Crippen molar-refractivity contribution in [3.05, 3.63) is 83.4 Å². The molecular formula is C24H15N3O2S. The number of hydrogen-bond acceptors (Lipinski definition) is 6. The molecule has 3 aromatic rings. The summed E-state index contributed by atoms with van der Waals surface area (Å²) in [5.74, 6) is 2.80. The highest BCUT2D eigenvalue weighted by molar-refractivity contribution is 7.18. The van der Waals surface area contributed by atoms with Crippen molar-refractivity contribution in [2.75, 3.05) is 0 Å². The fourth-order valence-corrected chi connectivity index (χ4v) is 3.35. The van der Waals surface area contributed by atoms with E-state index in [0.29, 0.717) is 17.1 Å². The van der Waals surface area contributed by atoms with Crippen LogP contribution in [-0.2, 0) is 0 Å². The van der Waals surface area contributed by atoms with Gasteiger partial charge in [0.1, 0.15) is 40.8 Å². The standard InChI is InChI=1S/C24H15N3O2S/c1-17(14-25)4-2-6-19-8-10-21(28-19)23-12-13-24(30-23)22-11-9-20(29-22)7-3-5-18(15-26)16-27/h2-13H,1H3/b6-2+,7-3+,17-4-. The summed E-state index contributed by atoms with van der Waals surface area (Å²) in [4.78, 5) is 1.92. The van der Waals surface area contributed by atoms with Crippen LogP contribution in [0.5, 0.6) is 0 Å². The van der Waals surface area contributed by atoms with Crippen molar-refractivity contribution in [3.8, 4) is 39.5 Å². The average Bonchev–Trinajstić information content (AvgIpc) is 3.51. The van der Waals surface area contributed by atoms with Gasteiger partial charge in [0.15, 0.2) is 0 Å². The summed E-state index contributed by atoms with van der Waals surface area (Å²) in [7, 11) is 0. The summed E-state index contributed by atoms with van der Waals surface area (Å²) in [6.45, 7) is 1.74. The second kappa shape index (κ2) is 9.75. The van der Waals surface area contributed by atoms with Gasteiger partial charge in [-0.25, -0.2) is 0 Å². The first-order valence-corrected chi connectivity index (χ1v) is 9.68. The monoisotopic (exact) mass is 409 g/mol. The van der Waals surface area contributed by atoms with Crippen LogP contribution in [0.25, 0.3) is 33.4 Å². The maximum Gasteiger partial charge on any atom is 0.144 e. The Morgan fingerprint density at radius 2 is 1.30 bits per heavy atom. The largest absolute Gasteiger partial charge is 0.456 e. The van der Waals surface area contributed by atoms with E-state index in [2.05, 4.69) is 6.07 Å². The van der Waals surface area contributed by atoms with Gasteiger partial charge in [-0.05, 0) is 67.6 Å². The highest BCUT2D eigenvalue weighted by Gasteiger charge is 2.10. The summed E-state index contributed by atoms with van der Waals surface area (Å²) in [5, 5.41) is 26.2. The third-order valence-corrected chi connectivity index (χ3v) is 5.01. The molecule has 6 heteroatoms. The molecule has 5 nitrogen and oxygen atoms in total. The third kappa shape index (κ3) is 5.14. The Hall–Kier alpha value is -4.31. The van der Waals surface area contributed by atoms with E-state index in [1.54, 1.807) is 54.7 Å². The Labute approximate surface area is 178 Å². The first kappa shape index (κ1) is 20.4. The van der Waals surface area contributed by atoms with Crippen LogP contribution in [0.3, 0.4) is 0 Å². The lowest BCUT2D eigenvalue weighted by molar-refractivity contribution is 0.573. The van der Waals surface area contributed by atoms with E-state index >= 15 is 0 Å². The van der Waals surface area contributed by atoms with Crippen LogP contribution in [0, 0.1) is 34.0 Å². The molecule has 0 aromatic carbocycles. The van der Waals surface area contributed by atoms with Gasteiger partial charge in [-0.15, -0.1) is 11.3 Å². The smallest absolute Gasteiger partial charge is 0.144 e. The first-order chi connectivity index (χ1) is 14.6. The maximum absolute atomic E-state index is 8.76. The summed E-state index contributed by atoms with van der Waals surface area (Å²) in [5.41, 5.74) is 0.657. The van der Waals surface area contributed by atoms with Gasteiger partial charge in [0.25, 0.3) is 0 Å². The van der Waals surface area contributed by atoms with Crippen molar-refractivity contribution in [1.82, 2.24) is 0 Å². The minimum Gasteiger partial charge on any atom is -0.456 e. The number of nitriles is 3. The van der Waals surface area contributed by atoms with Crippen LogP contribution < -0.4 is 0 Å². The number of hydrogen-bond donors (Lipinski definition) is 0. The number of nitrogens with zero attached hydrogens (tertiary/aromatic N) is 3. The third-order valence-electron chi connectivity index (χ3n) is 3.89. The van der Waals surface area contributed by atoms with Crippen LogP contribution in [0.4, 0.5) is 0 Å². The van der Waals surface area contributed by atoms with Crippen molar-refractivity contribution in [2.45, 2.75) is 6.92 Å². The van der Waals surface area contributed by atoms with E-state index < -0.39 is 0 Å². The summed E-state index contributed by atoms with van der Waals surface area (Å²) < 4.78 is 11.7. The lowest BCUT2D eigenvalue weighted by atomic mass is 10.3. The van der Waals surface area contributed by atoms with E-state index in [4.69, 9.17) is 24.6 Å². The fraction of sp³-hybridized carbons (Fsp3) is 0.0417. The number of thiophene rings is 1. The van der Waals surface area contributed by atoms with Crippen molar-refractivity contribution >= 4 is 23.5 Å². The molecule has 0 aliphatic heterocycles. The van der Waals surface area contributed by atoms with Crippen LogP contribution >= 0.6 is 11.3 Å². The molecule has 144 valence electrons. The topological polar surface area (TPSA) is 97.7 Å². The summed E-state index contributed by atoms with van der Waals surface area (Å²) in [6.07, 6.45) is 10.1. The molecule has 0 N–H and O–H groups in total. The Balaban J connectivity index is 1.72. The molecule has 0 aliphatic rings. The minimum absolute atomic E-state index is 0.0322. The van der Waals surface area contributed by atoms with E-state index in [0.717, 1.165) is 21.3 Å². The fourth-order valence-electron chi connectivity index (χ4n) is 2.42. The first-order valence-electron chi connectivity index (χ1n) is 8.87. The molecule has 0 aliphatic carbocycles. The van der Waals surface area contributed by atoms with Gasteiger partial charge < -0.3 is 8.83 Å². The van der Waals surface area contributed by atoms with Crippen LogP contribution in [-0.4, -0.2) is 0 Å². The van der Waals surface area contributed by atoms with Gasteiger partial charge >= 0.3 is 0 Å². The quantitative estimate of drug-likeness (QED) is 0.332. The van der Waals surface area contributed by atoms with Crippen molar-refractivity contribution < 1.29 is 8.83 Å². The second-order valence-corrected chi connectivity index (χ2v) is 7.14. The maximum atomic E-state index is 8.76. The molecule has 3 rings (SSSR count). The van der Waals surface area contributed by atoms with Gasteiger partial charge in [-0.1, -0.05) is 12.2 Å². The zero-order chi connectivity index (χ0) is 21.3. The van der Waals surface area contributed by atoms with E-state index in [-0.39, 0.29) is 5.57 Å². The molecule has 0 saturated heterocycles. The Morgan fingerprint density at radius 1 is 0.767 bits per heavy atom. The van der Waals surface area contributed by atoms with Crippen LogP contribution in [0.1, 0.15) is 18.4 Å². The number of furan rings is 2. The second-order valence-electron chi connectivity index (χ2n) is 6.05. The van der Waals surface area contributed by atoms with Crippen LogP contribution in [0.15, 0.2) is 80.7 Å². The minimum atomic E-state index is 0.0322. The molecule has 0 unspecified atom stereocenters. The van der Waals surface area contributed by atoms with E-state index in [1.807, 2.05) is 42.5 Å². The van der Waals surface area contributed by atoms with E-state index in [9.17, 15) is 0 Å². The van der Waals surface area contributed by atoms with Gasteiger partial charge in [0, 0.05) is 5.57 Å². The normalized spacial score (nSPS) is 11.3. The van der Waals surface area contributed by atoms with Gasteiger partial charge in [0.2, 0.25) is 0 Å². The SMILES string of the molecule is C/C(C#N)=C/C=C/c1ccc(-c2ccc(-c3ccc(/C=C/C=C(C#N)C#N)o3)s2)o1. The number of allylic oxidation sites excluding steroid dienone is 6. The molecule has 3 heterocycles. The van der Waals surface area contributed by atoms with Gasteiger partial charge in [-0.3, -0.25) is 0 Å².